The molecule has 0 aromatic heterocycles. The van der Waals surface area contributed by atoms with Crippen LogP contribution in [0.3, 0.4) is 0 Å². The number of ketones is 2. The van der Waals surface area contributed by atoms with Gasteiger partial charge in [0.15, 0.2) is 11.6 Å². The van der Waals surface area contributed by atoms with Crippen LogP contribution in [0, 0.1) is 40.9 Å². The van der Waals surface area contributed by atoms with Gasteiger partial charge in [-0.15, -0.1) is 0 Å². The van der Waals surface area contributed by atoms with E-state index in [1.54, 1.807) is 5.57 Å². The van der Waals surface area contributed by atoms with Crippen molar-refractivity contribution in [2.24, 2.45) is 40.9 Å². The molecule has 2 heterocycles. The van der Waals surface area contributed by atoms with Crippen LogP contribution in [0.25, 0.3) is 0 Å². The Balaban J connectivity index is 1.15. The molecule has 0 unspecified atom stereocenters. The highest BCUT2D eigenvalue weighted by Crippen LogP contribution is 2.64. The highest BCUT2D eigenvalue weighted by atomic mass is 16.5. The first-order valence-corrected chi connectivity index (χ1v) is 17.1. The van der Waals surface area contributed by atoms with E-state index in [0.717, 1.165) is 57.1 Å². The number of piperidine rings is 1. The van der Waals surface area contributed by atoms with Crippen LogP contribution in [-0.2, 0) is 19.1 Å². The summed E-state index contributed by atoms with van der Waals surface area (Å²) in [5.74, 6) is 2.36. The molecular weight excluding hydrogens is 550 g/mol. The van der Waals surface area contributed by atoms with Crippen LogP contribution in [0.1, 0.15) is 89.4 Å². The third-order valence-corrected chi connectivity index (χ3v) is 13.2. The average molecular weight is 600 g/mol. The number of ether oxygens (including phenoxy) is 2. The van der Waals surface area contributed by atoms with Crippen LogP contribution in [-0.4, -0.2) is 60.4 Å². The standard InChI is InChI=1S/C38H49NO5/c1-22-15-34-35(39(20-22)21-33(41)25-9-7-6-8-10-25)24(3)38(44-34)14-13-27-28-12-11-26-16-32(40)30(36(42)43-5)19-37(26,4)31(28)17-29(27)23(2)18-38/h6-10,19,22,24,26-28,31,34-35H,11-18,20-21H2,1-5H3/t22-,24+,26+,27-,28-,31-,34+,35-,37-,38-/m0/s1. The minimum absolute atomic E-state index is 0.0509. The van der Waals surface area contributed by atoms with Gasteiger partial charge in [0.1, 0.15) is 0 Å². The quantitative estimate of drug-likeness (QED) is 0.168. The molecule has 1 aromatic rings. The first-order valence-electron chi connectivity index (χ1n) is 17.1. The lowest BCUT2D eigenvalue weighted by Crippen LogP contribution is -2.53. The number of carbonyl (C=O) groups excluding carboxylic acids is 3. The molecule has 0 radical (unpaired) electrons. The van der Waals surface area contributed by atoms with Gasteiger partial charge in [0, 0.05) is 30.5 Å². The van der Waals surface area contributed by atoms with Crippen molar-refractivity contribution >= 4 is 17.5 Å². The fourth-order valence-electron chi connectivity index (χ4n) is 11.1. The van der Waals surface area contributed by atoms with Crippen LogP contribution in [0.5, 0.6) is 0 Å². The third kappa shape index (κ3) is 4.69. The fraction of sp³-hybridized carbons (Fsp3) is 0.658. The summed E-state index contributed by atoms with van der Waals surface area (Å²) < 4.78 is 12.2. The van der Waals surface area contributed by atoms with Crippen molar-refractivity contribution in [2.75, 3.05) is 20.2 Å². The van der Waals surface area contributed by atoms with Crippen molar-refractivity contribution in [3.8, 4) is 0 Å². The highest BCUT2D eigenvalue weighted by molar-refractivity contribution is 6.18. The van der Waals surface area contributed by atoms with Crippen molar-refractivity contribution in [1.29, 1.82) is 0 Å². The maximum Gasteiger partial charge on any atom is 0.341 e. The van der Waals surface area contributed by atoms with E-state index in [4.69, 9.17) is 9.47 Å². The molecular formula is C38H49NO5. The van der Waals surface area contributed by atoms with E-state index in [1.807, 2.05) is 36.4 Å². The number of fused-ring (bicyclic) bond motifs is 6. The Morgan fingerprint density at radius 1 is 1.09 bits per heavy atom. The van der Waals surface area contributed by atoms with Gasteiger partial charge in [-0.3, -0.25) is 14.5 Å². The van der Waals surface area contributed by atoms with E-state index in [2.05, 4.69) is 32.6 Å². The number of esters is 1. The second kappa shape index (κ2) is 11.0. The van der Waals surface area contributed by atoms with E-state index in [9.17, 15) is 14.4 Å². The van der Waals surface area contributed by atoms with Crippen LogP contribution >= 0.6 is 0 Å². The lowest BCUT2D eigenvalue weighted by atomic mass is 9.53. The number of methoxy groups -OCH3 is 1. The zero-order valence-corrected chi connectivity index (χ0v) is 27.1. The highest BCUT2D eigenvalue weighted by Gasteiger charge is 2.60. The van der Waals surface area contributed by atoms with Gasteiger partial charge in [-0.1, -0.05) is 68.3 Å². The Labute approximate surface area is 262 Å². The van der Waals surface area contributed by atoms with Crippen LogP contribution < -0.4 is 0 Å². The molecule has 6 aliphatic rings. The topological polar surface area (TPSA) is 72.9 Å². The molecule has 7 rings (SSSR count). The molecule has 44 heavy (non-hydrogen) atoms. The second-order valence-corrected chi connectivity index (χ2v) is 15.5. The van der Waals surface area contributed by atoms with Gasteiger partial charge in [-0.2, -0.15) is 0 Å². The van der Waals surface area contributed by atoms with Gasteiger partial charge in [-0.05, 0) is 86.9 Å². The summed E-state index contributed by atoms with van der Waals surface area (Å²) in [6.07, 6.45) is 10.1. The molecule has 2 saturated heterocycles. The largest absolute Gasteiger partial charge is 0.465 e. The number of carbonyl (C=O) groups is 3. The van der Waals surface area contributed by atoms with Crippen molar-refractivity contribution in [1.82, 2.24) is 4.90 Å². The third-order valence-electron chi connectivity index (χ3n) is 13.2. The van der Waals surface area contributed by atoms with Gasteiger partial charge >= 0.3 is 5.97 Å². The number of benzene rings is 1. The van der Waals surface area contributed by atoms with Crippen LogP contribution in [0.2, 0.25) is 0 Å². The number of likely N-dealkylation sites (tertiary alicyclic amines) is 1. The van der Waals surface area contributed by atoms with Crippen molar-refractivity contribution in [3.63, 3.8) is 0 Å². The SMILES string of the molecule is COC(=O)C1=C[C@@]2(C)[C@H](CC[C@H]3[C@@H]4CC[C@@]5(CC(C)=C4C[C@@H]32)O[C@@H]2C[C@H](C)CN(CC(=O)c3ccccc3)[C@H]2[C@H]5C)CC1=O. The molecule has 10 atom stereocenters. The Kier molecular flexibility index (Phi) is 7.56. The fourth-order valence-corrected chi connectivity index (χ4v) is 11.1. The molecule has 1 spiro atoms. The summed E-state index contributed by atoms with van der Waals surface area (Å²) in [5.41, 5.74) is 3.83. The summed E-state index contributed by atoms with van der Waals surface area (Å²) in [4.78, 5) is 41.2. The number of allylic oxidation sites excluding steroid dienone is 2. The zero-order chi connectivity index (χ0) is 31.0. The predicted octanol–water partition coefficient (Wildman–Crippen LogP) is 6.59. The van der Waals surface area contributed by atoms with Gasteiger partial charge < -0.3 is 9.47 Å². The molecule has 6 nitrogen and oxygen atoms in total. The van der Waals surface area contributed by atoms with Crippen LogP contribution in [0.4, 0.5) is 0 Å². The minimum atomic E-state index is -0.482. The van der Waals surface area contributed by atoms with Crippen molar-refractivity contribution < 1.29 is 23.9 Å². The number of rotatable bonds is 4. The maximum absolute atomic E-state index is 13.3. The van der Waals surface area contributed by atoms with E-state index in [1.165, 1.54) is 12.7 Å². The Morgan fingerprint density at radius 2 is 1.86 bits per heavy atom. The predicted molar refractivity (Wildman–Crippen MR) is 169 cm³/mol. The summed E-state index contributed by atoms with van der Waals surface area (Å²) in [7, 11) is 1.37. The van der Waals surface area contributed by atoms with Gasteiger partial charge in [-0.25, -0.2) is 4.79 Å². The maximum atomic E-state index is 13.3. The molecule has 236 valence electrons. The van der Waals surface area contributed by atoms with E-state index in [-0.39, 0.29) is 40.3 Å². The van der Waals surface area contributed by atoms with Crippen molar-refractivity contribution in [2.45, 2.75) is 96.8 Å². The molecule has 0 bridgehead atoms. The Hall–Kier alpha value is -2.57. The Bertz CT molecular complexity index is 1410. The number of hydrogen-bond donors (Lipinski definition) is 0. The first kappa shape index (κ1) is 30.1. The molecule has 4 aliphatic carbocycles. The first-order chi connectivity index (χ1) is 21.0. The molecule has 4 fully saturated rings. The summed E-state index contributed by atoms with van der Waals surface area (Å²) >= 11 is 0. The number of nitrogens with zero attached hydrogens (tertiary/aromatic N) is 1. The second-order valence-electron chi connectivity index (χ2n) is 15.5. The molecule has 0 amide bonds. The molecule has 2 saturated carbocycles. The summed E-state index contributed by atoms with van der Waals surface area (Å²) in [6.45, 7) is 10.8. The number of Topliss-reactive ketones (excluding diaryl/α,β-unsaturated/α-hetero) is 2. The van der Waals surface area contributed by atoms with E-state index >= 15 is 0 Å². The normalized spacial score (nSPS) is 41.8. The molecule has 1 aromatic carbocycles. The lowest BCUT2D eigenvalue weighted by Gasteiger charge is -2.50. The zero-order valence-electron chi connectivity index (χ0n) is 27.1. The van der Waals surface area contributed by atoms with Gasteiger partial charge in [0.2, 0.25) is 0 Å². The average Bonchev–Trinajstić information content (AvgIpc) is 3.47. The van der Waals surface area contributed by atoms with E-state index in [0.29, 0.717) is 48.5 Å². The number of hydrogen-bond acceptors (Lipinski definition) is 6. The monoisotopic (exact) mass is 599 g/mol. The summed E-state index contributed by atoms with van der Waals surface area (Å²) in [5, 5.41) is 0. The summed E-state index contributed by atoms with van der Waals surface area (Å²) in [6, 6.07) is 9.99. The van der Waals surface area contributed by atoms with E-state index < -0.39 is 5.97 Å². The van der Waals surface area contributed by atoms with Crippen LogP contribution in [0.15, 0.2) is 53.1 Å². The van der Waals surface area contributed by atoms with Gasteiger partial charge in [0.05, 0.1) is 30.9 Å². The smallest absolute Gasteiger partial charge is 0.341 e. The molecule has 6 heteroatoms. The van der Waals surface area contributed by atoms with Crippen molar-refractivity contribution in [3.05, 3.63) is 58.7 Å². The lowest BCUT2D eigenvalue weighted by molar-refractivity contribution is -0.139. The molecule has 2 aliphatic heterocycles. The molecule has 0 N–H and O–H groups in total. The minimum Gasteiger partial charge on any atom is -0.465 e. The Morgan fingerprint density at radius 3 is 2.61 bits per heavy atom. The van der Waals surface area contributed by atoms with Gasteiger partial charge in [0.25, 0.3) is 0 Å².